The average Bonchev–Trinajstić information content (AvgIpc) is 1.59. The molecule has 0 bridgehead atoms. The van der Waals surface area contributed by atoms with Gasteiger partial charge in [-0.25, -0.2) is 0 Å². The van der Waals surface area contributed by atoms with Gasteiger partial charge in [0.1, 0.15) is 13.1 Å². The lowest BCUT2D eigenvalue weighted by Crippen LogP contribution is -2.81. The maximum Gasteiger partial charge on any atom is 0.128 e. The highest BCUT2D eigenvalue weighted by Crippen LogP contribution is 1.83. The quantitative estimate of drug-likeness (QED) is 0.452. The molecular weight excluding hydrogens is 100 g/mol. The first kappa shape index (κ1) is 7.92. The lowest BCUT2D eigenvalue weighted by atomic mass is 10.5. The van der Waals surface area contributed by atoms with Crippen molar-refractivity contribution in [1.29, 1.82) is 0 Å². The molecule has 0 heterocycles. The van der Waals surface area contributed by atoms with Crippen LogP contribution in [0.25, 0.3) is 0 Å². The van der Waals surface area contributed by atoms with Crippen molar-refractivity contribution in [2.45, 2.75) is 0 Å². The minimum Gasteiger partial charge on any atom is -0.344 e. The Labute approximate surface area is 52.1 Å². The van der Waals surface area contributed by atoms with Crippen LogP contribution in [0.1, 0.15) is 0 Å². The monoisotopic (exact) mass is 118 g/mol. The normalized spacial score (nSPS) is 12.0. The molecule has 0 aromatic heterocycles. The minimum atomic E-state index is 1.07. The van der Waals surface area contributed by atoms with Crippen LogP contribution in [0, 0.1) is 0 Å². The summed E-state index contributed by atoms with van der Waals surface area (Å²) >= 11 is 0. The van der Waals surface area contributed by atoms with Crippen molar-refractivity contribution in [3.63, 3.8) is 0 Å². The molecule has 0 radical (unpaired) electrons. The highest BCUT2D eigenvalue weighted by molar-refractivity contribution is 4.18. The predicted octanol–water partition coefficient (Wildman–Crippen LogP) is -1.11. The van der Waals surface area contributed by atoms with Gasteiger partial charge < -0.3 is 9.80 Å². The fraction of sp³-hybridized carbons (Fsp3) is 1.00. The van der Waals surface area contributed by atoms with Gasteiger partial charge in [0.2, 0.25) is 0 Å². The van der Waals surface area contributed by atoms with Gasteiger partial charge in [0.05, 0.1) is 28.2 Å². The Bertz CT molecular complexity index is 54.0. The van der Waals surface area contributed by atoms with E-state index in [4.69, 9.17) is 0 Å². The number of nitrogens with two attached hydrogens (primary N) is 1. The van der Waals surface area contributed by atoms with Crippen LogP contribution >= 0.6 is 0 Å². The van der Waals surface area contributed by atoms with E-state index in [1.165, 1.54) is 13.1 Å². The summed E-state index contributed by atoms with van der Waals surface area (Å²) in [7, 11) is 8.74. The summed E-state index contributed by atoms with van der Waals surface area (Å²) in [5.41, 5.74) is 0. The lowest BCUT2D eigenvalue weighted by molar-refractivity contribution is -0.883. The average molecular weight is 118 g/mol. The van der Waals surface area contributed by atoms with E-state index in [-0.39, 0.29) is 0 Å². The number of likely N-dealkylation sites (N-methyl/N-ethyl adjacent to an activating group) is 2. The zero-order valence-electron chi connectivity index (χ0n) is 6.44. The van der Waals surface area contributed by atoms with Gasteiger partial charge in [-0.1, -0.05) is 0 Å². The predicted molar refractivity (Wildman–Crippen MR) is 35.6 cm³/mol. The molecule has 0 amide bonds. The second kappa shape index (κ2) is 3.05. The van der Waals surface area contributed by atoms with Gasteiger partial charge >= 0.3 is 0 Å². The standard InChI is InChI=1S/C6H17N2/c1-7-5-6-8(2,3)4/h7H,5-6H2,1-4H3/q+1/p+1. The van der Waals surface area contributed by atoms with Crippen molar-refractivity contribution in [2.75, 3.05) is 41.3 Å². The number of nitrogens with zero attached hydrogens (tertiary/aromatic N) is 1. The van der Waals surface area contributed by atoms with Crippen LogP contribution in [-0.2, 0) is 0 Å². The molecule has 2 nitrogen and oxygen atoms in total. The zero-order chi connectivity index (χ0) is 6.62. The fourth-order valence-corrected chi connectivity index (χ4v) is 0.516. The molecule has 0 atom stereocenters. The van der Waals surface area contributed by atoms with E-state index < -0.39 is 0 Å². The Morgan fingerprint density at radius 2 is 1.75 bits per heavy atom. The summed E-state index contributed by atoms with van der Waals surface area (Å²) in [6, 6.07) is 0. The molecule has 0 fully saturated rings. The molecule has 2 N–H and O–H groups in total. The Hall–Kier alpha value is -0.0800. The van der Waals surface area contributed by atoms with E-state index in [1.54, 1.807) is 0 Å². The molecule has 0 saturated heterocycles. The maximum atomic E-state index is 2.21. The van der Waals surface area contributed by atoms with Crippen molar-refractivity contribution in [3.05, 3.63) is 0 Å². The third-order valence-corrected chi connectivity index (χ3v) is 1.09. The second-order valence-electron chi connectivity index (χ2n) is 3.21. The fourth-order valence-electron chi connectivity index (χ4n) is 0.516. The van der Waals surface area contributed by atoms with Crippen molar-refractivity contribution >= 4 is 0 Å². The van der Waals surface area contributed by atoms with Crippen LogP contribution in [0.2, 0.25) is 0 Å². The first-order chi connectivity index (χ1) is 3.56. The summed E-state index contributed by atoms with van der Waals surface area (Å²) in [6.45, 7) is 2.47. The molecule has 8 heavy (non-hydrogen) atoms. The largest absolute Gasteiger partial charge is 0.344 e. The van der Waals surface area contributed by atoms with Crippen LogP contribution in [-0.4, -0.2) is 45.8 Å². The third-order valence-electron chi connectivity index (χ3n) is 1.09. The first-order valence-corrected chi connectivity index (χ1v) is 3.14. The van der Waals surface area contributed by atoms with E-state index in [2.05, 4.69) is 33.5 Å². The highest BCUT2D eigenvalue weighted by Gasteiger charge is 2.04. The lowest BCUT2D eigenvalue weighted by Gasteiger charge is -2.21. The summed E-state index contributed by atoms with van der Waals surface area (Å²) in [5.74, 6) is 0. The molecule has 0 rings (SSSR count). The molecule has 0 aliphatic rings. The molecule has 0 aliphatic carbocycles. The van der Waals surface area contributed by atoms with Crippen LogP contribution in [0.5, 0.6) is 0 Å². The SMILES string of the molecule is C[NH2+]CC[N+](C)(C)C. The van der Waals surface area contributed by atoms with Gasteiger partial charge in [-0.2, -0.15) is 0 Å². The van der Waals surface area contributed by atoms with E-state index in [0.717, 1.165) is 4.48 Å². The topological polar surface area (TPSA) is 16.6 Å². The smallest absolute Gasteiger partial charge is 0.128 e. The van der Waals surface area contributed by atoms with Crippen molar-refractivity contribution < 1.29 is 9.80 Å². The molecule has 0 unspecified atom stereocenters. The third kappa shape index (κ3) is 5.92. The molecule has 0 aromatic rings. The zero-order valence-corrected chi connectivity index (χ0v) is 6.44. The van der Waals surface area contributed by atoms with Crippen molar-refractivity contribution in [1.82, 2.24) is 0 Å². The molecule has 50 valence electrons. The molecular formula is C6H18N2+2. The molecule has 2 heteroatoms. The summed E-state index contributed by atoms with van der Waals surface area (Å²) in [6.07, 6.45) is 0. The summed E-state index contributed by atoms with van der Waals surface area (Å²) in [4.78, 5) is 0. The number of hydrogen-bond acceptors (Lipinski definition) is 0. The van der Waals surface area contributed by atoms with E-state index in [0.29, 0.717) is 0 Å². The first-order valence-electron chi connectivity index (χ1n) is 3.14. The van der Waals surface area contributed by atoms with Crippen LogP contribution in [0.4, 0.5) is 0 Å². The van der Waals surface area contributed by atoms with Gasteiger partial charge in [0.15, 0.2) is 0 Å². The van der Waals surface area contributed by atoms with Crippen LogP contribution in [0.15, 0.2) is 0 Å². The molecule has 0 aromatic carbocycles. The minimum absolute atomic E-state index is 1.07. The van der Waals surface area contributed by atoms with Gasteiger partial charge in [-0.05, 0) is 0 Å². The van der Waals surface area contributed by atoms with Crippen LogP contribution in [0.3, 0.4) is 0 Å². The Balaban J connectivity index is 3.11. The van der Waals surface area contributed by atoms with Gasteiger partial charge in [-0.15, -0.1) is 0 Å². The number of hydrogen-bond donors (Lipinski definition) is 1. The van der Waals surface area contributed by atoms with Gasteiger partial charge in [0, 0.05) is 0 Å². The molecule has 0 spiro atoms. The van der Waals surface area contributed by atoms with Gasteiger partial charge in [0.25, 0.3) is 0 Å². The van der Waals surface area contributed by atoms with Gasteiger partial charge in [-0.3, -0.25) is 0 Å². The van der Waals surface area contributed by atoms with Crippen molar-refractivity contribution in [2.24, 2.45) is 0 Å². The summed E-state index contributed by atoms with van der Waals surface area (Å²) in [5, 5.41) is 2.21. The second-order valence-corrected chi connectivity index (χ2v) is 3.21. The van der Waals surface area contributed by atoms with Crippen LogP contribution < -0.4 is 5.32 Å². The van der Waals surface area contributed by atoms with Crippen molar-refractivity contribution in [3.8, 4) is 0 Å². The highest BCUT2D eigenvalue weighted by atomic mass is 15.3. The van der Waals surface area contributed by atoms with E-state index in [9.17, 15) is 0 Å². The Morgan fingerprint density at radius 1 is 1.25 bits per heavy atom. The maximum absolute atomic E-state index is 2.21. The van der Waals surface area contributed by atoms with E-state index in [1.807, 2.05) is 0 Å². The van der Waals surface area contributed by atoms with E-state index >= 15 is 0 Å². The Kier molecular flexibility index (Phi) is 3.02. The number of rotatable bonds is 3. The molecule has 0 aliphatic heterocycles. The molecule has 0 saturated carbocycles. The summed E-state index contributed by atoms with van der Waals surface area (Å²) < 4.78 is 1.07. The number of quaternary nitrogens is 2. The Morgan fingerprint density at radius 3 is 1.88 bits per heavy atom.